The van der Waals surface area contributed by atoms with Crippen LogP contribution in [0.5, 0.6) is 5.75 Å². The van der Waals surface area contributed by atoms with E-state index in [-0.39, 0.29) is 0 Å². The molecular weight excluding hydrogens is 316 g/mol. The van der Waals surface area contributed by atoms with E-state index in [1.807, 2.05) is 12.1 Å². The number of nitrogens with zero attached hydrogens (tertiary/aromatic N) is 1. The second-order valence-electron chi connectivity index (χ2n) is 6.55. The van der Waals surface area contributed by atoms with Crippen LogP contribution in [-0.4, -0.2) is 43.1 Å². The van der Waals surface area contributed by atoms with E-state index in [1.54, 1.807) is 4.90 Å². The molecular formula is C20H25N2OS+. The molecule has 2 aromatic carbocycles. The zero-order chi connectivity index (χ0) is 16.9. The van der Waals surface area contributed by atoms with Crippen molar-refractivity contribution in [3.8, 4) is 5.75 Å². The molecule has 24 heavy (non-hydrogen) atoms. The lowest BCUT2D eigenvalue weighted by Gasteiger charge is -2.32. The number of quaternary nitrogens is 1. The highest BCUT2D eigenvalue weighted by molar-refractivity contribution is 7.80. The Labute approximate surface area is 149 Å². The summed E-state index contributed by atoms with van der Waals surface area (Å²) in [5, 5.41) is 0. The first-order valence-electron chi connectivity index (χ1n) is 8.51. The summed E-state index contributed by atoms with van der Waals surface area (Å²) in [5.74, 6) is 0.880. The highest BCUT2D eigenvalue weighted by Gasteiger charge is 2.19. The number of rotatable bonds is 4. The van der Waals surface area contributed by atoms with Gasteiger partial charge < -0.3 is 14.5 Å². The molecule has 3 rings (SSSR count). The molecule has 1 N–H and O–H groups in total. The van der Waals surface area contributed by atoms with Crippen LogP contribution < -0.4 is 9.64 Å². The van der Waals surface area contributed by atoms with Gasteiger partial charge in [-0.25, -0.2) is 0 Å². The molecule has 3 nitrogen and oxygen atoms in total. The Morgan fingerprint density at radius 2 is 1.83 bits per heavy atom. The topological polar surface area (TPSA) is 16.9 Å². The fourth-order valence-corrected chi connectivity index (χ4v) is 3.26. The van der Waals surface area contributed by atoms with Crippen molar-refractivity contribution < 1.29 is 9.64 Å². The van der Waals surface area contributed by atoms with Crippen LogP contribution in [0.1, 0.15) is 16.7 Å². The van der Waals surface area contributed by atoms with Gasteiger partial charge >= 0.3 is 0 Å². The van der Waals surface area contributed by atoms with Crippen LogP contribution in [0.3, 0.4) is 0 Å². The van der Waals surface area contributed by atoms with Crippen molar-refractivity contribution in [3.63, 3.8) is 0 Å². The molecule has 0 spiro atoms. The second-order valence-corrected chi connectivity index (χ2v) is 6.94. The Kier molecular flexibility index (Phi) is 5.48. The van der Waals surface area contributed by atoms with Gasteiger partial charge in [-0.1, -0.05) is 42.0 Å². The molecule has 0 unspecified atom stereocenters. The summed E-state index contributed by atoms with van der Waals surface area (Å²) >= 11 is 5.65. The summed E-state index contributed by atoms with van der Waals surface area (Å²) < 4.78 is 5.88. The molecule has 1 aliphatic rings. The van der Waals surface area contributed by atoms with Gasteiger partial charge in [0.05, 0.1) is 33.2 Å². The van der Waals surface area contributed by atoms with Gasteiger partial charge in [-0.3, -0.25) is 0 Å². The molecule has 1 saturated heterocycles. The Bertz CT molecular complexity index is 691. The maximum Gasteiger partial charge on any atom is 0.119 e. The predicted molar refractivity (Wildman–Crippen MR) is 102 cm³/mol. The normalized spacial score (nSPS) is 15.3. The van der Waals surface area contributed by atoms with E-state index < -0.39 is 0 Å². The third kappa shape index (κ3) is 4.34. The van der Waals surface area contributed by atoms with Crippen LogP contribution in [0.25, 0.3) is 0 Å². The highest BCUT2D eigenvalue weighted by atomic mass is 32.1. The quantitative estimate of drug-likeness (QED) is 0.858. The van der Waals surface area contributed by atoms with Gasteiger partial charge in [-0.15, -0.1) is 0 Å². The molecule has 2 aromatic rings. The number of likely N-dealkylation sites (N-methyl/N-ethyl adjacent to an activating group) is 1. The van der Waals surface area contributed by atoms with E-state index in [2.05, 4.69) is 55.3 Å². The molecule has 1 fully saturated rings. The van der Waals surface area contributed by atoms with Crippen LogP contribution in [-0.2, 0) is 6.61 Å². The summed E-state index contributed by atoms with van der Waals surface area (Å²) in [7, 11) is 2.24. The molecule has 126 valence electrons. The number of ether oxygens (including phenoxy) is 1. The fraction of sp³-hybridized carbons (Fsp3) is 0.350. The smallest absolute Gasteiger partial charge is 0.119 e. The minimum absolute atomic E-state index is 0.590. The second kappa shape index (κ2) is 7.77. The molecule has 0 bridgehead atoms. The summed E-state index contributed by atoms with van der Waals surface area (Å²) in [6.45, 7) is 7.06. The van der Waals surface area contributed by atoms with Gasteiger partial charge in [0.1, 0.15) is 17.3 Å². The SMILES string of the molecule is Cc1cccc(COc2ccc(C(=S)N3CC[NH+](C)CC3)cc2)c1. The number of hydrogen-bond donors (Lipinski definition) is 1. The van der Waals surface area contributed by atoms with Crippen LogP contribution in [0.4, 0.5) is 0 Å². The summed E-state index contributed by atoms with van der Waals surface area (Å²) in [6, 6.07) is 16.6. The van der Waals surface area contributed by atoms with Crippen molar-refractivity contribution in [2.24, 2.45) is 0 Å². The monoisotopic (exact) mass is 341 g/mol. The zero-order valence-electron chi connectivity index (χ0n) is 14.4. The Hall–Kier alpha value is -1.91. The minimum atomic E-state index is 0.590. The number of thiocarbonyl (C=S) groups is 1. The number of piperazine rings is 1. The van der Waals surface area contributed by atoms with Gasteiger partial charge in [-0.05, 0) is 36.8 Å². The third-order valence-electron chi connectivity index (χ3n) is 4.49. The molecule has 0 atom stereocenters. The van der Waals surface area contributed by atoms with Crippen LogP contribution in [0.15, 0.2) is 48.5 Å². The average molecular weight is 342 g/mol. The predicted octanol–water partition coefficient (Wildman–Crippen LogP) is 2.08. The maximum atomic E-state index is 5.88. The molecule has 4 heteroatoms. The lowest BCUT2D eigenvalue weighted by atomic mass is 10.1. The molecule has 0 aliphatic carbocycles. The molecule has 1 aliphatic heterocycles. The lowest BCUT2D eigenvalue weighted by Crippen LogP contribution is -3.12. The van der Waals surface area contributed by atoms with E-state index >= 15 is 0 Å². The highest BCUT2D eigenvalue weighted by Crippen LogP contribution is 2.16. The van der Waals surface area contributed by atoms with Crippen molar-refractivity contribution in [2.75, 3.05) is 33.2 Å². The number of hydrogen-bond acceptors (Lipinski definition) is 2. The standard InChI is InChI=1S/C20H24N2OS/c1-16-4-3-5-17(14-16)15-23-19-8-6-18(7-9-19)20(24)22-12-10-21(2)11-13-22/h3-9,14H,10-13,15H2,1-2H3/p+1. The fourth-order valence-electron chi connectivity index (χ4n) is 2.94. The maximum absolute atomic E-state index is 5.88. The average Bonchev–Trinajstić information content (AvgIpc) is 2.61. The Morgan fingerprint density at radius 3 is 2.50 bits per heavy atom. The molecule has 0 aromatic heterocycles. The number of benzene rings is 2. The minimum Gasteiger partial charge on any atom is -0.489 e. The van der Waals surface area contributed by atoms with Crippen molar-refractivity contribution in [1.29, 1.82) is 0 Å². The van der Waals surface area contributed by atoms with Crippen LogP contribution in [0.2, 0.25) is 0 Å². The first-order valence-corrected chi connectivity index (χ1v) is 8.91. The summed E-state index contributed by atoms with van der Waals surface area (Å²) in [4.78, 5) is 4.84. The van der Waals surface area contributed by atoms with Gasteiger partial charge in [0.2, 0.25) is 0 Å². The van der Waals surface area contributed by atoms with E-state index in [1.165, 1.54) is 11.1 Å². The summed E-state index contributed by atoms with van der Waals surface area (Å²) in [6.07, 6.45) is 0. The third-order valence-corrected chi connectivity index (χ3v) is 4.99. The van der Waals surface area contributed by atoms with Crippen LogP contribution in [0, 0.1) is 6.92 Å². The number of aryl methyl sites for hydroxylation is 1. The van der Waals surface area contributed by atoms with Crippen molar-refractivity contribution in [3.05, 3.63) is 65.2 Å². The van der Waals surface area contributed by atoms with Crippen LogP contribution >= 0.6 is 12.2 Å². The Morgan fingerprint density at radius 1 is 1.12 bits per heavy atom. The van der Waals surface area contributed by atoms with Crippen molar-refractivity contribution >= 4 is 17.2 Å². The Balaban J connectivity index is 1.58. The summed E-state index contributed by atoms with van der Waals surface area (Å²) in [5.41, 5.74) is 3.55. The van der Waals surface area contributed by atoms with E-state index in [0.29, 0.717) is 6.61 Å². The van der Waals surface area contributed by atoms with Crippen molar-refractivity contribution in [2.45, 2.75) is 13.5 Å². The van der Waals surface area contributed by atoms with Gasteiger partial charge in [0, 0.05) is 5.56 Å². The zero-order valence-corrected chi connectivity index (χ0v) is 15.2. The van der Waals surface area contributed by atoms with Gasteiger partial charge in [-0.2, -0.15) is 0 Å². The van der Waals surface area contributed by atoms with E-state index in [4.69, 9.17) is 17.0 Å². The van der Waals surface area contributed by atoms with Gasteiger partial charge in [0.15, 0.2) is 0 Å². The molecule has 0 radical (unpaired) electrons. The van der Waals surface area contributed by atoms with Crippen molar-refractivity contribution in [1.82, 2.24) is 4.90 Å². The molecule has 1 heterocycles. The van der Waals surface area contributed by atoms with Gasteiger partial charge in [0.25, 0.3) is 0 Å². The van der Waals surface area contributed by atoms with E-state index in [9.17, 15) is 0 Å². The molecule has 0 amide bonds. The first-order chi connectivity index (χ1) is 11.6. The van der Waals surface area contributed by atoms with E-state index in [0.717, 1.165) is 42.5 Å². The number of nitrogens with one attached hydrogen (secondary N) is 1. The molecule has 0 saturated carbocycles. The first kappa shape index (κ1) is 16.9. The largest absolute Gasteiger partial charge is 0.489 e. The lowest BCUT2D eigenvalue weighted by molar-refractivity contribution is -0.883.